The molecule has 0 fully saturated rings. The molecule has 136 valence electrons. The van der Waals surface area contributed by atoms with E-state index in [1.807, 2.05) is 12.1 Å². The minimum atomic E-state index is -4.82. The van der Waals surface area contributed by atoms with Gasteiger partial charge in [0.1, 0.15) is 5.75 Å². The summed E-state index contributed by atoms with van der Waals surface area (Å²) < 4.78 is 67.0. The second-order valence-electron chi connectivity index (χ2n) is 5.43. The van der Waals surface area contributed by atoms with Crippen LogP contribution in [0, 0.1) is 0 Å². The third kappa shape index (κ3) is 5.97. The lowest BCUT2D eigenvalue weighted by molar-refractivity contribution is -0.274. The number of aryl methyl sites for hydroxylation is 1. The molecule has 0 atom stereocenters. The summed E-state index contributed by atoms with van der Waals surface area (Å²) in [6, 6.07) is 11.0. The molecule has 4 nitrogen and oxygen atoms in total. The molecule has 0 aromatic heterocycles. The van der Waals surface area contributed by atoms with Crippen molar-refractivity contribution in [1.29, 1.82) is 0 Å². The predicted molar refractivity (Wildman–Crippen MR) is 89.0 cm³/mol. The van der Waals surface area contributed by atoms with Gasteiger partial charge in [-0.2, -0.15) is 0 Å². The number of hydrogen-bond acceptors (Lipinski definition) is 3. The Bertz CT molecular complexity index is 785. The van der Waals surface area contributed by atoms with E-state index in [1.165, 1.54) is 0 Å². The molecule has 1 N–H and O–H groups in total. The molecular formula is C17H18F3NO3S. The van der Waals surface area contributed by atoms with Gasteiger partial charge >= 0.3 is 6.36 Å². The molecule has 25 heavy (non-hydrogen) atoms. The van der Waals surface area contributed by atoms with E-state index in [0.29, 0.717) is 5.69 Å². The van der Waals surface area contributed by atoms with Gasteiger partial charge in [-0.25, -0.2) is 8.42 Å². The van der Waals surface area contributed by atoms with Crippen LogP contribution >= 0.6 is 0 Å². The molecule has 0 saturated carbocycles. The van der Waals surface area contributed by atoms with E-state index in [4.69, 9.17) is 0 Å². The van der Waals surface area contributed by atoms with Crippen molar-refractivity contribution in [1.82, 2.24) is 0 Å². The Balaban J connectivity index is 2.08. The van der Waals surface area contributed by atoms with Gasteiger partial charge in [0.05, 0.1) is 4.90 Å². The Labute approximate surface area is 144 Å². The number of rotatable bonds is 7. The topological polar surface area (TPSA) is 55.4 Å². The van der Waals surface area contributed by atoms with Gasteiger partial charge < -0.3 is 4.74 Å². The van der Waals surface area contributed by atoms with Gasteiger partial charge in [-0.05, 0) is 54.8 Å². The van der Waals surface area contributed by atoms with Gasteiger partial charge in [0.25, 0.3) is 10.0 Å². The van der Waals surface area contributed by atoms with Crippen LogP contribution in [0.5, 0.6) is 5.75 Å². The lowest BCUT2D eigenvalue weighted by Gasteiger charge is -2.11. The van der Waals surface area contributed by atoms with Crippen LogP contribution in [-0.4, -0.2) is 14.8 Å². The highest BCUT2D eigenvalue weighted by molar-refractivity contribution is 7.92. The number of halogens is 3. The molecule has 0 radical (unpaired) electrons. The third-order valence-electron chi connectivity index (χ3n) is 3.39. The minimum Gasteiger partial charge on any atom is -0.406 e. The van der Waals surface area contributed by atoms with Gasteiger partial charge in [-0.1, -0.05) is 25.5 Å². The van der Waals surface area contributed by atoms with E-state index in [2.05, 4.69) is 16.4 Å². The van der Waals surface area contributed by atoms with Crippen molar-refractivity contribution in [3.8, 4) is 5.75 Å². The van der Waals surface area contributed by atoms with E-state index >= 15 is 0 Å². The summed E-state index contributed by atoms with van der Waals surface area (Å²) >= 11 is 0. The van der Waals surface area contributed by atoms with Crippen molar-refractivity contribution in [3.63, 3.8) is 0 Å². The lowest BCUT2D eigenvalue weighted by Crippen LogP contribution is -2.17. The van der Waals surface area contributed by atoms with Crippen LogP contribution in [0.1, 0.15) is 25.3 Å². The number of benzene rings is 2. The summed E-state index contributed by atoms with van der Waals surface area (Å²) in [5.41, 5.74) is 1.49. The zero-order valence-electron chi connectivity index (χ0n) is 13.5. The molecule has 2 aromatic rings. The molecule has 0 heterocycles. The first-order valence-electron chi connectivity index (χ1n) is 7.67. The van der Waals surface area contributed by atoms with Crippen molar-refractivity contribution in [2.75, 3.05) is 4.72 Å². The van der Waals surface area contributed by atoms with Crippen LogP contribution < -0.4 is 9.46 Å². The Morgan fingerprint density at radius 2 is 1.60 bits per heavy atom. The molecule has 0 aliphatic rings. The molecule has 8 heteroatoms. The summed E-state index contributed by atoms with van der Waals surface area (Å²) in [6.45, 7) is 2.09. The van der Waals surface area contributed by atoms with E-state index in [9.17, 15) is 21.6 Å². The minimum absolute atomic E-state index is 0.155. The van der Waals surface area contributed by atoms with Crippen molar-refractivity contribution < 1.29 is 26.3 Å². The van der Waals surface area contributed by atoms with Crippen molar-refractivity contribution in [2.24, 2.45) is 0 Å². The molecule has 0 amide bonds. The van der Waals surface area contributed by atoms with Gasteiger partial charge in [0.15, 0.2) is 0 Å². The van der Waals surface area contributed by atoms with Gasteiger partial charge in [0, 0.05) is 5.69 Å². The Morgan fingerprint density at radius 1 is 1.00 bits per heavy atom. The fourth-order valence-corrected chi connectivity index (χ4v) is 3.21. The highest BCUT2D eigenvalue weighted by atomic mass is 32.2. The van der Waals surface area contributed by atoms with Crippen molar-refractivity contribution in [2.45, 2.75) is 37.4 Å². The molecule has 0 aliphatic heterocycles. The molecule has 0 unspecified atom stereocenters. The maximum atomic E-state index is 12.3. The lowest BCUT2D eigenvalue weighted by atomic mass is 10.1. The van der Waals surface area contributed by atoms with Gasteiger partial charge in [0.2, 0.25) is 0 Å². The third-order valence-corrected chi connectivity index (χ3v) is 4.79. The summed E-state index contributed by atoms with van der Waals surface area (Å²) in [4.78, 5) is -0.155. The molecule has 0 bridgehead atoms. The SMILES string of the molecule is CCCCc1ccc(NS(=O)(=O)c2ccc(OC(F)(F)F)cc2)cc1. The molecular weight excluding hydrogens is 355 g/mol. The van der Waals surface area contributed by atoms with Crippen LogP contribution in [-0.2, 0) is 16.4 Å². The Hall–Kier alpha value is -2.22. The first-order valence-corrected chi connectivity index (χ1v) is 9.15. The summed E-state index contributed by atoms with van der Waals surface area (Å²) in [7, 11) is -3.89. The number of alkyl halides is 3. The standard InChI is InChI=1S/C17H18F3NO3S/c1-2-3-4-13-5-7-14(8-6-13)21-25(22,23)16-11-9-15(10-12-16)24-17(18,19)20/h5-12,21H,2-4H2,1H3. The number of ether oxygens (including phenoxy) is 1. The van der Waals surface area contributed by atoms with Gasteiger partial charge in [-0.15, -0.1) is 13.2 Å². The maximum absolute atomic E-state index is 12.3. The number of anilines is 1. The maximum Gasteiger partial charge on any atom is 0.573 e. The fraction of sp³-hybridized carbons (Fsp3) is 0.294. The highest BCUT2D eigenvalue weighted by Crippen LogP contribution is 2.25. The highest BCUT2D eigenvalue weighted by Gasteiger charge is 2.31. The first kappa shape index (κ1) is 19.1. The van der Waals surface area contributed by atoms with Crippen LogP contribution in [0.15, 0.2) is 53.4 Å². The van der Waals surface area contributed by atoms with E-state index in [1.54, 1.807) is 12.1 Å². The molecule has 0 spiro atoms. The van der Waals surface area contributed by atoms with Crippen molar-refractivity contribution in [3.05, 3.63) is 54.1 Å². The summed E-state index contributed by atoms with van der Waals surface area (Å²) in [6.07, 6.45) is -1.78. The predicted octanol–water partition coefficient (Wildman–Crippen LogP) is 4.73. The first-order chi connectivity index (χ1) is 11.7. The summed E-state index contributed by atoms with van der Waals surface area (Å²) in [5, 5.41) is 0. The molecule has 2 rings (SSSR count). The largest absolute Gasteiger partial charge is 0.573 e. The monoisotopic (exact) mass is 373 g/mol. The van der Waals surface area contributed by atoms with E-state index in [0.717, 1.165) is 49.1 Å². The second-order valence-corrected chi connectivity index (χ2v) is 7.11. The number of nitrogens with one attached hydrogen (secondary N) is 1. The summed E-state index contributed by atoms with van der Waals surface area (Å²) in [5.74, 6) is -0.480. The average Bonchev–Trinajstić information content (AvgIpc) is 2.53. The number of unbranched alkanes of at least 4 members (excludes halogenated alkanes) is 1. The molecule has 2 aromatic carbocycles. The number of hydrogen-bond donors (Lipinski definition) is 1. The van der Waals surface area contributed by atoms with Crippen LogP contribution in [0.4, 0.5) is 18.9 Å². The van der Waals surface area contributed by atoms with Crippen LogP contribution in [0.3, 0.4) is 0 Å². The van der Waals surface area contributed by atoms with Crippen LogP contribution in [0.25, 0.3) is 0 Å². The zero-order chi connectivity index (χ0) is 18.5. The quantitative estimate of drug-likeness (QED) is 0.763. The fourth-order valence-electron chi connectivity index (χ4n) is 2.15. The van der Waals surface area contributed by atoms with Gasteiger partial charge in [-0.3, -0.25) is 4.72 Å². The molecule has 0 aliphatic carbocycles. The Morgan fingerprint density at radius 3 is 2.12 bits per heavy atom. The average molecular weight is 373 g/mol. The van der Waals surface area contributed by atoms with E-state index < -0.39 is 22.1 Å². The normalized spacial score (nSPS) is 12.0. The van der Waals surface area contributed by atoms with Crippen molar-refractivity contribution >= 4 is 15.7 Å². The smallest absolute Gasteiger partial charge is 0.406 e. The zero-order valence-corrected chi connectivity index (χ0v) is 14.3. The molecule has 0 saturated heterocycles. The van der Waals surface area contributed by atoms with Crippen LogP contribution in [0.2, 0.25) is 0 Å². The Kier molecular flexibility index (Phi) is 5.94. The second kappa shape index (κ2) is 7.77. The van der Waals surface area contributed by atoms with E-state index in [-0.39, 0.29) is 4.90 Å². The number of sulfonamides is 1.